The summed E-state index contributed by atoms with van der Waals surface area (Å²) in [7, 11) is -3.43. The number of sulfone groups is 1. The maximum absolute atomic E-state index is 11.6. The van der Waals surface area contributed by atoms with Crippen LogP contribution >= 0.6 is 0 Å². The van der Waals surface area contributed by atoms with Crippen LogP contribution in [0.15, 0.2) is 15.9 Å². The lowest BCUT2D eigenvalue weighted by Crippen LogP contribution is -2.20. The van der Waals surface area contributed by atoms with Gasteiger partial charge in [0, 0.05) is 6.07 Å². The molecule has 0 aromatic carbocycles. The first-order valence-electron chi connectivity index (χ1n) is 4.16. The smallest absolute Gasteiger partial charge is 0.204 e. The summed E-state index contributed by atoms with van der Waals surface area (Å²) in [5.41, 5.74) is -0.115. The van der Waals surface area contributed by atoms with Gasteiger partial charge < -0.3 is 0 Å². The molecule has 0 saturated carbocycles. The second-order valence-electron chi connectivity index (χ2n) is 3.28. The largest absolute Gasteiger partial charge is 0.288 e. The van der Waals surface area contributed by atoms with Crippen LogP contribution < -0.4 is 5.43 Å². The van der Waals surface area contributed by atoms with Crippen LogP contribution in [0.1, 0.15) is 19.5 Å². The van der Waals surface area contributed by atoms with Crippen molar-refractivity contribution in [1.82, 2.24) is 10.2 Å². The van der Waals surface area contributed by atoms with Gasteiger partial charge in [0.1, 0.15) is 5.69 Å². The van der Waals surface area contributed by atoms with Crippen LogP contribution in [-0.2, 0) is 9.84 Å². The third-order valence-electron chi connectivity index (χ3n) is 1.88. The summed E-state index contributed by atoms with van der Waals surface area (Å²) in [4.78, 5) is 11.2. The summed E-state index contributed by atoms with van der Waals surface area (Å²) in [5, 5.41) is 5.28. The minimum atomic E-state index is -3.43. The Morgan fingerprint density at radius 1 is 1.43 bits per heavy atom. The molecule has 0 aliphatic heterocycles. The van der Waals surface area contributed by atoms with Crippen LogP contribution in [0.4, 0.5) is 0 Å². The number of nitrogens with zero attached hydrogens (tertiary/aromatic N) is 1. The normalized spacial score (nSPS) is 12.0. The van der Waals surface area contributed by atoms with Gasteiger partial charge in [-0.15, -0.1) is 0 Å². The fraction of sp³-hybridized carbons (Fsp3) is 0.500. The summed E-state index contributed by atoms with van der Waals surface area (Å²) < 4.78 is 23.2. The van der Waals surface area contributed by atoms with Crippen molar-refractivity contribution in [3.63, 3.8) is 0 Å². The molecular weight excluding hydrogens is 204 g/mol. The molecular formula is C8H12N2O3S. The van der Waals surface area contributed by atoms with Gasteiger partial charge in [0.05, 0.1) is 5.25 Å². The molecule has 78 valence electrons. The van der Waals surface area contributed by atoms with Crippen molar-refractivity contribution in [3.8, 4) is 0 Å². The number of hydrogen-bond donors (Lipinski definition) is 1. The Labute approximate surface area is 82.1 Å². The molecule has 0 spiro atoms. The van der Waals surface area contributed by atoms with Crippen molar-refractivity contribution in [2.24, 2.45) is 0 Å². The van der Waals surface area contributed by atoms with Gasteiger partial charge >= 0.3 is 0 Å². The Morgan fingerprint density at radius 2 is 2.00 bits per heavy atom. The lowest BCUT2D eigenvalue weighted by Gasteiger charge is -2.06. The molecule has 14 heavy (non-hydrogen) atoms. The number of H-pyrrole nitrogens is 1. The van der Waals surface area contributed by atoms with E-state index in [1.54, 1.807) is 13.8 Å². The molecule has 0 unspecified atom stereocenters. The highest BCUT2D eigenvalue weighted by Crippen LogP contribution is 2.09. The van der Waals surface area contributed by atoms with Crippen molar-refractivity contribution in [3.05, 3.63) is 22.0 Å². The van der Waals surface area contributed by atoms with Crippen molar-refractivity contribution < 1.29 is 8.42 Å². The fourth-order valence-electron chi connectivity index (χ4n) is 0.850. The van der Waals surface area contributed by atoms with E-state index in [0.717, 1.165) is 6.07 Å². The molecule has 0 aliphatic rings. The third kappa shape index (κ3) is 1.84. The summed E-state index contributed by atoms with van der Waals surface area (Å²) in [6, 6.07) is 1.07. The van der Waals surface area contributed by atoms with E-state index in [-0.39, 0.29) is 16.1 Å². The average Bonchev–Trinajstić information content (AvgIpc) is 2.09. The molecule has 0 bridgehead atoms. The molecule has 1 aromatic rings. The standard InChI is InChI=1S/C8H12N2O3S/c1-5(2)14(12,13)8-4-7(11)6(3)9-10-8/h4-5H,1-3H3,(H,10,11). The predicted molar refractivity (Wildman–Crippen MR) is 51.9 cm³/mol. The minimum Gasteiger partial charge on any atom is -0.288 e. The van der Waals surface area contributed by atoms with Crippen molar-refractivity contribution in [2.75, 3.05) is 0 Å². The third-order valence-corrected chi connectivity index (χ3v) is 3.94. The summed E-state index contributed by atoms with van der Waals surface area (Å²) in [5.74, 6) is 0. The molecule has 6 heteroatoms. The number of aromatic amines is 1. The van der Waals surface area contributed by atoms with Gasteiger partial charge in [0.15, 0.2) is 14.9 Å². The van der Waals surface area contributed by atoms with Gasteiger partial charge in [-0.1, -0.05) is 0 Å². The van der Waals surface area contributed by atoms with E-state index in [0.29, 0.717) is 0 Å². The van der Waals surface area contributed by atoms with Gasteiger partial charge in [0.2, 0.25) is 5.43 Å². The van der Waals surface area contributed by atoms with Crippen molar-refractivity contribution in [1.29, 1.82) is 0 Å². The number of aromatic nitrogens is 2. The number of hydrogen-bond acceptors (Lipinski definition) is 4. The topological polar surface area (TPSA) is 79.9 Å². The van der Waals surface area contributed by atoms with Crippen LogP contribution in [-0.4, -0.2) is 23.9 Å². The molecule has 0 atom stereocenters. The van der Waals surface area contributed by atoms with Gasteiger partial charge in [-0.3, -0.25) is 9.89 Å². The SMILES string of the molecule is Cc1n[nH]c(S(=O)(=O)C(C)C)cc1=O. The maximum Gasteiger partial charge on any atom is 0.204 e. The summed E-state index contributed by atoms with van der Waals surface area (Å²) in [6.07, 6.45) is 0. The molecule has 0 radical (unpaired) electrons. The van der Waals surface area contributed by atoms with Crippen LogP contribution in [0.2, 0.25) is 0 Å². The monoisotopic (exact) mass is 216 g/mol. The fourth-order valence-corrected chi connectivity index (χ4v) is 1.80. The van der Waals surface area contributed by atoms with Crippen LogP contribution in [0.3, 0.4) is 0 Å². The lowest BCUT2D eigenvalue weighted by molar-refractivity contribution is 0.580. The maximum atomic E-state index is 11.6. The Bertz CT molecular complexity index is 488. The molecule has 0 fully saturated rings. The van der Waals surface area contributed by atoms with Crippen molar-refractivity contribution >= 4 is 9.84 Å². The summed E-state index contributed by atoms with van der Waals surface area (Å²) >= 11 is 0. The molecule has 0 aliphatic carbocycles. The second-order valence-corrected chi connectivity index (χ2v) is 5.75. The zero-order valence-corrected chi connectivity index (χ0v) is 9.05. The average molecular weight is 216 g/mol. The molecule has 1 N–H and O–H groups in total. The zero-order chi connectivity index (χ0) is 10.9. The van der Waals surface area contributed by atoms with Gasteiger partial charge in [-0.05, 0) is 20.8 Å². The molecule has 5 nitrogen and oxygen atoms in total. The number of rotatable bonds is 2. The Balaban J connectivity index is 3.36. The van der Waals surface area contributed by atoms with E-state index in [1.807, 2.05) is 0 Å². The summed E-state index contributed by atoms with van der Waals surface area (Å²) in [6.45, 7) is 4.62. The highest BCUT2D eigenvalue weighted by Gasteiger charge is 2.20. The first-order valence-corrected chi connectivity index (χ1v) is 5.70. The van der Waals surface area contributed by atoms with E-state index in [9.17, 15) is 13.2 Å². The minimum absolute atomic E-state index is 0.122. The first-order chi connectivity index (χ1) is 6.35. The van der Waals surface area contributed by atoms with E-state index >= 15 is 0 Å². The van der Waals surface area contributed by atoms with Crippen molar-refractivity contribution in [2.45, 2.75) is 31.0 Å². The van der Waals surface area contributed by atoms with Crippen LogP contribution in [0.25, 0.3) is 0 Å². The molecule has 1 rings (SSSR count). The van der Waals surface area contributed by atoms with Crippen LogP contribution in [0.5, 0.6) is 0 Å². The number of nitrogens with one attached hydrogen (secondary N) is 1. The first kappa shape index (κ1) is 10.9. The molecule has 1 aromatic heterocycles. The van der Waals surface area contributed by atoms with E-state index in [4.69, 9.17) is 0 Å². The lowest BCUT2D eigenvalue weighted by atomic mass is 10.4. The highest BCUT2D eigenvalue weighted by atomic mass is 32.2. The van der Waals surface area contributed by atoms with Gasteiger partial charge in [-0.25, -0.2) is 8.42 Å². The van der Waals surface area contributed by atoms with Crippen LogP contribution in [0, 0.1) is 6.92 Å². The zero-order valence-electron chi connectivity index (χ0n) is 8.23. The Kier molecular flexibility index (Phi) is 2.75. The molecule has 0 saturated heterocycles. The van der Waals surface area contributed by atoms with E-state index < -0.39 is 15.1 Å². The molecule has 0 amide bonds. The van der Waals surface area contributed by atoms with E-state index in [2.05, 4.69) is 10.2 Å². The molecule has 1 heterocycles. The second kappa shape index (κ2) is 3.53. The van der Waals surface area contributed by atoms with Gasteiger partial charge in [-0.2, -0.15) is 5.10 Å². The quantitative estimate of drug-likeness (QED) is 0.769. The van der Waals surface area contributed by atoms with Gasteiger partial charge in [0.25, 0.3) is 0 Å². The Hall–Kier alpha value is -1.17. The Morgan fingerprint density at radius 3 is 2.43 bits per heavy atom. The highest BCUT2D eigenvalue weighted by molar-refractivity contribution is 7.91. The number of aryl methyl sites for hydroxylation is 1. The predicted octanol–water partition coefficient (Wildman–Crippen LogP) is 0.260. The van der Waals surface area contributed by atoms with E-state index in [1.165, 1.54) is 6.92 Å².